The summed E-state index contributed by atoms with van der Waals surface area (Å²) >= 11 is 5.78. The van der Waals surface area contributed by atoms with Crippen LogP contribution in [0, 0.1) is 20.2 Å². The first-order chi connectivity index (χ1) is 11.4. The van der Waals surface area contributed by atoms with E-state index in [1.807, 2.05) is 0 Å². The molecule has 2 aromatic carbocycles. The number of nitro groups is 2. The summed E-state index contributed by atoms with van der Waals surface area (Å²) in [4.78, 5) is 22.2. The average molecular weight is 352 g/mol. The molecule has 0 N–H and O–H groups in total. The molecule has 0 heterocycles. The van der Waals surface area contributed by atoms with E-state index in [1.165, 1.54) is 12.1 Å². The lowest BCUT2D eigenvalue weighted by molar-refractivity contribution is -0.393. The van der Waals surface area contributed by atoms with Crippen molar-refractivity contribution in [3.63, 3.8) is 0 Å². The van der Waals surface area contributed by atoms with Gasteiger partial charge in [0.2, 0.25) is 0 Å². The van der Waals surface area contributed by atoms with Gasteiger partial charge in [-0.25, -0.2) is 0 Å². The fourth-order valence-electron chi connectivity index (χ4n) is 2.05. The zero-order valence-electron chi connectivity index (χ0n) is 12.7. The lowest BCUT2D eigenvalue weighted by atomic mass is 10.2. The predicted octanol–water partition coefficient (Wildman–Crippen LogP) is 3.67. The number of nitrogens with zero attached hydrogens (tertiary/aromatic N) is 3. The monoisotopic (exact) mass is 351 g/mol. The SMILES string of the molecule is CN(CCOc1ccc(Cl)cc1)c1ccc([N+](=O)[O-])cc1[N+](=O)[O-]. The Morgan fingerprint density at radius 1 is 1.08 bits per heavy atom. The number of anilines is 1. The summed E-state index contributed by atoms with van der Waals surface area (Å²) in [5.41, 5.74) is -0.361. The highest BCUT2D eigenvalue weighted by Gasteiger charge is 2.21. The second-order valence-electron chi connectivity index (χ2n) is 4.91. The number of likely N-dealkylation sites (N-methyl/N-ethyl adjacent to an activating group) is 1. The van der Waals surface area contributed by atoms with Crippen LogP contribution < -0.4 is 9.64 Å². The van der Waals surface area contributed by atoms with Crippen molar-refractivity contribution >= 4 is 28.7 Å². The number of halogens is 1. The standard InChI is InChI=1S/C15H14ClN3O5/c1-17(8-9-24-13-5-2-11(16)3-6-13)14-7-4-12(18(20)21)10-15(14)19(22)23/h2-7,10H,8-9H2,1H3. The van der Waals surface area contributed by atoms with E-state index in [-0.39, 0.29) is 23.7 Å². The quantitative estimate of drug-likeness (QED) is 0.557. The third kappa shape index (κ3) is 4.32. The van der Waals surface area contributed by atoms with Crippen LogP contribution in [-0.4, -0.2) is 30.0 Å². The molecule has 0 aliphatic heterocycles. The average Bonchev–Trinajstić information content (AvgIpc) is 2.55. The van der Waals surface area contributed by atoms with Gasteiger partial charge in [-0.3, -0.25) is 20.2 Å². The Kier molecular flexibility index (Phi) is 5.54. The van der Waals surface area contributed by atoms with Crippen molar-refractivity contribution in [3.05, 3.63) is 67.7 Å². The Bertz CT molecular complexity index is 751. The van der Waals surface area contributed by atoms with Gasteiger partial charge < -0.3 is 9.64 Å². The lowest BCUT2D eigenvalue weighted by Crippen LogP contribution is -2.24. The smallest absolute Gasteiger partial charge is 0.299 e. The number of rotatable bonds is 7. The van der Waals surface area contributed by atoms with E-state index in [9.17, 15) is 20.2 Å². The van der Waals surface area contributed by atoms with E-state index in [2.05, 4.69) is 0 Å². The third-order valence-corrected chi connectivity index (χ3v) is 3.54. The molecule has 2 aromatic rings. The van der Waals surface area contributed by atoms with Crippen LogP contribution in [0.25, 0.3) is 0 Å². The van der Waals surface area contributed by atoms with Crippen molar-refractivity contribution < 1.29 is 14.6 Å². The molecule has 24 heavy (non-hydrogen) atoms. The van der Waals surface area contributed by atoms with Gasteiger partial charge in [0.05, 0.1) is 22.5 Å². The molecule has 0 amide bonds. The summed E-state index contributed by atoms with van der Waals surface area (Å²) in [5, 5.41) is 22.5. The fourth-order valence-corrected chi connectivity index (χ4v) is 2.17. The van der Waals surface area contributed by atoms with Crippen LogP contribution in [0.15, 0.2) is 42.5 Å². The van der Waals surface area contributed by atoms with Crippen molar-refractivity contribution in [1.82, 2.24) is 0 Å². The molecule has 0 aliphatic carbocycles. The minimum absolute atomic E-state index is 0.283. The molecular formula is C15H14ClN3O5. The van der Waals surface area contributed by atoms with E-state index in [4.69, 9.17) is 16.3 Å². The van der Waals surface area contributed by atoms with Gasteiger partial charge in [0.15, 0.2) is 0 Å². The number of benzene rings is 2. The molecule has 0 atom stereocenters. The number of non-ortho nitro benzene ring substituents is 1. The van der Waals surface area contributed by atoms with Crippen molar-refractivity contribution in [3.8, 4) is 5.75 Å². The molecular weight excluding hydrogens is 338 g/mol. The summed E-state index contributed by atoms with van der Waals surface area (Å²) in [6.07, 6.45) is 0. The van der Waals surface area contributed by atoms with Crippen LogP contribution in [0.3, 0.4) is 0 Å². The molecule has 126 valence electrons. The van der Waals surface area contributed by atoms with Crippen LogP contribution in [-0.2, 0) is 0 Å². The molecule has 0 radical (unpaired) electrons. The summed E-state index contributed by atoms with van der Waals surface area (Å²) in [6, 6.07) is 10.4. The highest BCUT2D eigenvalue weighted by molar-refractivity contribution is 6.30. The molecule has 0 fully saturated rings. The first-order valence-corrected chi connectivity index (χ1v) is 7.28. The topological polar surface area (TPSA) is 98.8 Å². The van der Waals surface area contributed by atoms with Gasteiger partial charge in [0, 0.05) is 18.1 Å². The molecule has 9 heteroatoms. The van der Waals surface area contributed by atoms with Crippen LogP contribution in [0.2, 0.25) is 5.02 Å². The highest BCUT2D eigenvalue weighted by Crippen LogP contribution is 2.31. The van der Waals surface area contributed by atoms with E-state index < -0.39 is 9.85 Å². The fraction of sp³-hybridized carbons (Fsp3) is 0.200. The van der Waals surface area contributed by atoms with E-state index in [0.29, 0.717) is 17.3 Å². The maximum atomic E-state index is 11.1. The van der Waals surface area contributed by atoms with E-state index in [0.717, 1.165) is 6.07 Å². The first-order valence-electron chi connectivity index (χ1n) is 6.91. The third-order valence-electron chi connectivity index (χ3n) is 3.29. The van der Waals surface area contributed by atoms with Crippen molar-refractivity contribution in [2.45, 2.75) is 0 Å². The molecule has 0 spiro atoms. The molecule has 0 saturated carbocycles. The predicted molar refractivity (Wildman–Crippen MR) is 90.0 cm³/mol. The Morgan fingerprint density at radius 3 is 2.33 bits per heavy atom. The second-order valence-corrected chi connectivity index (χ2v) is 5.35. The number of ether oxygens (including phenoxy) is 1. The minimum atomic E-state index is -0.666. The summed E-state index contributed by atoms with van der Waals surface area (Å²) in [6.45, 7) is 0.646. The first kappa shape index (κ1) is 17.5. The van der Waals surface area contributed by atoms with Gasteiger partial charge in [0.1, 0.15) is 18.0 Å². The molecule has 2 rings (SSSR count). The Hall–Kier alpha value is -2.87. The summed E-state index contributed by atoms with van der Waals surface area (Å²) < 4.78 is 5.54. The number of hydrogen-bond donors (Lipinski definition) is 0. The van der Waals surface area contributed by atoms with Crippen LogP contribution in [0.1, 0.15) is 0 Å². The Labute approximate surface area is 142 Å². The van der Waals surface area contributed by atoms with Crippen LogP contribution >= 0.6 is 11.6 Å². The van der Waals surface area contributed by atoms with Gasteiger partial charge in [-0.2, -0.15) is 0 Å². The zero-order chi connectivity index (χ0) is 17.7. The second kappa shape index (κ2) is 7.60. The largest absolute Gasteiger partial charge is 0.492 e. The Morgan fingerprint density at radius 2 is 1.75 bits per heavy atom. The molecule has 0 aromatic heterocycles. The number of hydrogen-bond acceptors (Lipinski definition) is 6. The zero-order valence-corrected chi connectivity index (χ0v) is 13.5. The van der Waals surface area contributed by atoms with Crippen molar-refractivity contribution in [2.75, 3.05) is 25.1 Å². The molecule has 0 bridgehead atoms. The Balaban J connectivity index is 2.05. The van der Waals surface area contributed by atoms with Gasteiger partial charge in [-0.05, 0) is 30.3 Å². The number of nitro benzene ring substituents is 2. The molecule has 8 nitrogen and oxygen atoms in total. The summed E-state index contributed by atoms with van der Waals surface area (Å²) in [5.74, 6) is 0.631. The van der Waals surface area contributed by atoms with Crippen molar-refractivity contribution in [1.29, 1.82) is 0 Å². The van der Waals surface area contributed by atoms with Gasteiger partial charge in [-0.1, -0.05) is 11.6 Å². The highest BCUT2D eigenvalue weighted by atomic mass is 35.5. The maximum Gasteiger partial charge on any atom is 0.299 e. The lowest BCUT2D eigenvalue weighted by Gasteiger charge is -2.19. The van der Waals surface area contributed by atoms with Gasteiger partial charge in [0.25, 0.3) is 11.4 Å². The molecule has 0 unspecified atom stereocenters. The van der Waals surface area contributed by atoms with E-state index >= 15 is 0 Å². The van der Waals surface area contributed by atoms with Gasteiger partial charge >= 0.3 is 0 Å². The maximum absolute atomic E-state index is 11.1. The normalized spacial score (nSPS) is 10.2. The molecule has 0 aliphatic rings. The minimum Gasteiger partial charge on any atom is -0.492 e. The van der Waals surface area contributed by atoms with Gasteiger partial charge in [-0.15, -0.1) is 0 Å². The summed E-state index contributed by atoms with van der Waals surface area (Å²) in [7, 11) is 1.65. The van der Waals surface area contributed by atoms with Crippen LogP contribution in [0.4, 0.5) is 17.1 Å². The van der Waals surface area contributed by atoms with Crippen molar-refractivity contribution in [2.24, 2.45) is 0 Å². The van der Waals surface area contributed by atoms with E-state index in [1.54, 1.807) is 36.2 Å². The van der Waals surface area contributed by atoms with Crippen LogP contribution in [0.5, 0.6) is 5.75 Å². The molecule has 0 saturated heterocycles.